The van der Waals surface area contributed by atoms with Crippen LogP contribution in [0.5, 0.6) is 0 Å². The van der Waals surface area contributed by atoms with Crippen LogP contribution in [0.25, 0.3) is 0 Å². The lowest BCUT2D eigenvalue weighted by atomic mass is 9.98. The third-order valence-corrected chi connectivity index (χ3v) is 4.19. The maximum atomic E-state index is 6.13. The Morgan fingerprint density at radius 3 is 2.67 bits per heavy atom. The van der Waals surface area contributed by atoms with Gasteiger partial charge in [-0.05, 0) is 30.7 Å². The standard InChI is InChI=1S/C12H20N4.2ClH/c13-12-3-2-10-8-15(9-11(10)12)6-7-16-5-1-4-14-16;;/h1,4-5,10-12H,2-3,6-9,13H2;2*1H. The Bertz CT molecular complexity index is 344. The van der Waals surface area contributed by atoms with E-state index < -0.39 is 0 Å². The molecule has 0 amide bonds. The summed E-state index contributed by atoms with van der Waals surface area (Å²) >= 11 is 0. The highest BCUT2D eigenvalue weighted by atomic mass is 35.5. The molecule has 1 aromatic rings. The van der Waals surface area contributed by atoms with Crippen molar-refractivity contribution in [2.24, 2.45) is 17.6 Å². The highest BCUT2D eigenvalue weighted by Crippen LogP contribution is 2.36. The molecule has 3 unspecified atom stereocenters. The minimum atomic E-state index is 0. The van der Waals surface area contributed by atoms with Gasteiger partial charge in [0.1, 0.15) is 0 Å². The third kappa shape index (κ3) is 3.18. The molecule has 0 spiro atoms. The van der Waals surface area contributed by atoms with Gasteiger partial charge in [-0.3, -0.25) is 4.68 Å². The van der Waals surface area contributed by atoms with E-state index in [0.29, 0.717) is 6.04 Å². The number of hydrogen-bond acceptors (Lipinski definition) is 3. The molecule has 0 aromatic carbocycles. The number of rotatable bonds is 3. The predicted molar refractivity (Wildman–Crippen MR) is 77.4 cm³/mol. The summed E-state index contributed by atoms with van der Waals surface area (Å²) in [6, 6.07) is 2.44. The molecule has 104 valence electrons. The van der Waals surface area contributed by atoms with Crippen LogP contribution in [0.3, 0.4) is 0 Å². The van der Waals surface area contributed by atoms with Crippen molar-refractivity contribution in [1.82, 2.24) is 14.7 Å². The fourth-order valence-electron chi connectivity index (χ4n) is 3.26. The monoisotopic (exact) mass is 292 g/mol. The summed E-state index contributed by atoms with van der Waals surface area (Å²) in [7, 11) is 0. The van der Waals surface area contributed by atoms with Gasteiger partial charge < -0.3 is 10.6 Å². The van der Waals surface area contributed by atoms with Crippen molar-refractivity contribution in [3.8, 4) is 0 Å². The molecule has 18 heavy (non-hydrogen) atoms. The van der Waals surface area contributed by atoms with E-state index in [4.69, 9.17) is 5.73 Å². The first-order chi connectivity index (χ1) is 7.83. The zero-order valence-corrected chi connectivity index (χ0v) is 12.1. The molecular formula is C12H22Cl2N4. The van der Waals surface area contributed by atoms with E-state index in [1.807, 2.05) is 23.1 Å². The predicted octanol–water partition coefficient (Wildman–Crippen LogP) is 1.40. The summed E-state index contributed by atoms with van der Waals surface area (Å²) < 4.78 is 2.01. The van der Waals surface area contributed by atoms with Gasteiger partial charge >= 0.3 is 0 Å². The SMILES string of the molecule is Cl.Cl.NC1CCC2CN(CCn3cccn3)CC12. The van der Waals surface area contributed by atoms with Gasteiger partial charge in [-0.1, -0.05) is 0 Å². The average molecular weight is 293 g/mol. The third-order valence-electron chi connectivity index (χ3n) is 4.19. The molecule has 0 bridgehead atoms. The molecule has 0 radical (unpaired) electrons. The van der Waals surface area contributed by atoms with Crippen LogP contribution in [-0.4, -0.2) is 40.4 Å². The molecule has 1 aromatic heterocycles. The molecule has 2 aliphatic rings. The topological polar surface area (TPSA) is 47.1 Å². The smallest absolute Gasteiger partial charge is 0.0536 e. The number of halogens is 2. The lowest BCUT2D eigenvalue weighted by Gasteiger charge is -2.18. The van der Waals surface area contributed by atoms with Crippen LogP contribution >= 0.6 is 24.8 Å². The van der Waals surface area contributed by atoms with Crippen molar-refractivity contribution >= 4 is 24.8 Å². The zero-order valence-electron chi connectivity index (χ0n) is 10.4. The summed E-state index contributed by atoms with van der Waals surface area (Å²) in [5.41, 5.74) is 6.13. The Hall–Kier alpha value is -0.290. The quantitative estimate of drug-likeness (QED) is 0.916. The van der Waals surface area contributed by atoms with Crippen LogP contribution in [0.2, 0.25) is 0 Å². The average Bonchev–Trinajstić information content (AvgIpc) is 2.95. The number of nitrogens with two attached hydrogens (primary N) is 1. The van der Waals surface area contributed by atoms with Crippen molar-refractivity contribution in [1.29, 1.82) is 0 Å². The van der Waals surface area contributed by atoms with E-state index in [1.54, 1.807) is 0 Å². The summed E-state index contributed by atoms with van der Waals surface area (Å²) in [4.78, 5) is 2.55. The van der Waals surface area contributed by atoms with Gasteiger partial charge in [0, 0.05) is 38.1 Å². The second-order valence-electron chi connectivity index (χ2n) is 5.19. The summed E-state index contributed by atoms with van der Waals surface area (Å²) in [6.07, 6.45) is 6.45. The fourth-order valence-corrected chi connectivity index (χ4v) is 3.26. The number of nitrogens with zero attached hydrogens (tertiary/aromatic N) is 3. The molecule has 6 heteroatoms. The van der Waals surface area contributed by atoms with Gasteiger partial charge in [0.05, 0.1) is 6.54 Å². The van der Waals surface area contributed by atoms with Crippen molar-refractivity contribution in [3.05, 3.63) is 18.5 Å². The molecule has 1 saturated heterocycles. The molecule has 3 rings (SSSR count). The molecule has 2 N–H and O–H groups in total. The van der Waals surface area contributed by atoms with Gasteiger partial charge in [0.2, 0.25) is 0 Å². The van der Waals surface area contributed by atoms with Crippen LogP contribution in [0.1, 0.15) is 12.8 Å². The van der Waals surface area contributed by atoms with E-state index in [0.717, 1.165) is 24.9 Å². The molecule has 3 atom stereocenters. The van der Waals surface area contributed by atoms with E-state index >= 15 is 0 Å². The zero-order chi connectivity index (χ0) is 11.0. The number of hydrogen-bond donors (Lipinski definition) is 1. The van der Waals surface area contributed by atoms with Crippen LogP contribution in [0.15, 0.2) is 18.5 Å². The van der Waals surface area contributed by atoms with Gasteiger partial charge in [-0.25, -0.2) is 0 Å². The van der Waals surface area contributed by atoms with E-state index in [2.05, 4.69) is 10.00 Å². The largest absolute Gasteiger partial charge is 0.327 e. The highest BCUT2D eigenvalue weighted by molar-refractivity contribution is 5.85. The van der Waals surface area contributed by atoms with Crippen LogP contribution in [0, 0.1) is 11.8 Å². The molecule has 4 nitrogen and oxygen atoms in total. The Morgan fingerprint density at radius 1 is 1.17 bits per heavy atom. The number of likely N-dealkylation sites (tertiary alicyclic amines) is 1. The second-order valence-corrected chi connectivity index (χ2v) is 5.19. The summed E-state index contributed by atoms with van der Waals surface area (Å²) in [5, 5.41) is 4.23. The Labute approximate surface area is 121 Å². The minimum Gasteiger partial charge on any atom is -0.327 e. The lowest BCUT2D eigenvalue weighted by molar-refractivity contribution is 0.288. The molecule has 1 aliphatic carbocycles. The van der Waals surface area contributed by atoms with E-state index in [-0.39, 0.29) is 24.8 Å². The van der Waals surface area contributed by atoms with Crippen molar-refractivity contribution in [2.45, 2.75) is 25.4 Å². The summed E-state index contributed by atoms with van der Waals surface area (Å²) in [6.45, 7) is 4.57. The molecule has 2 heterocycles. The first-order valence-electron chi connectivity index (χ1n) is 6.28. The van der Waals surface area contributed by atoms with E-state index in [9.17, 15) is 0 Å². The normalized spacial score (nSPS) is 30.6. The van der Waals surface area contributed by atoms with Crippen LogP contribution in [-0.2, 0) is 6.54 Å². The Kier molecular flexibility index (Phi) is 5.92. The first kappa shape index (κ1) is 15.8. The minimum absolute atomic E-state index is 0. The highest BCUT2D eigenvalue weighted by Gasteiger charge is 2.40. The molecule has 2 fully saturated rings. The molecule has 1 aliphatic heterocycles. The van der Waals surface area contributed by atoms with E-state index in [1.165, 1.54) is 25.9 Å². The maximum Gasteiger partial charge on any atom is 0.0536 e. The van der Waals surface area contributed by atoms with Crippen molar-refractivity contribution in [3.63, 3.8) is 0 Å². The van der Waals surface area contributed by atoms with Crippen LogP contribution in [0.4, 0.5) is 0 Å². The summed E-state index contributed by atoms with van der Waals surface area (Å²) in [5.74, 6) is 1.63. The first-order valence-corrected chi connectivity index (χ1v) is 6.28. The Balaban J connectivity index is 0.000000810. The number of aromatic nitrogens is 2. The van der Waals surface area contributed by atoms with Crippen LogP contribution < -0.4 is 5.73 Å². The lowest BCUT2D eigenvalue weighted by Crippen LogP contribution is -2.31. The van der Waals surface area contributed by atoms with Crippen molar-refractivity contribution < 1.29 is 0 Å². The van der Waals surface area contributed by atoms with Gasteiger partial charge in [-0.2, -0.15) is 5.10 Å². The molecule has 1 saturated carbocycles. The van der Waals surface area contributed by atoms with Gasteiger partial charge in [0.25, 0.3) is 0 Å². The Morgan fingerprint density at radius 2 is 2.00 bits per heavy atom. The van der Waals surface area contributed by atoms with Crippen molar-refractivity contribution in [2.75, 3.05) is 19.6 Å². The van der Waals surface area contributed by atoms with Gasteiger partial charge in [-0.15, -0.1) is 24.8 Å². The molecular weight excluding hydrogens is 271 g/mol. The number of fused-ring (bicyclic) bond motifs is 1. The second kappa shape index (κ2) is 6.75. The van der Waals surface area contributed by atoms with Gasteiger partial charge in [0.15, 0.2) is 0 Å². The fraction of sp³-hybridized carbons (Fsp3) is 0.750. The maximum absolute atomic E-state index is 6.13.